The molecule has 2 N–H and O–H groups in total. The van der Waals surface area contributed by atoms with Crippen LogP contribution in [-0.2, 0) is 11.6 Å². The zero-order chi connectivity index (χ0) is 14.4. The fourth-order valence-electron chi connectivity index (χ4n) is 3.27. The molecule has 0 aliphatic carbocycles. The Morgan fingerprint density at radius 3 is 2.80 bits per heavy atom. The van der Waals surface area contributed by atoms with Crippen molar-refractivity contribution >= 4 is 26.6 Å². The standard InChI is InChI=1S/C16H20B2N2/c1-3-11-5-6-14-12(9-11)13(10-19-14)16(17,18)15(2)7-4-8-20-15/h5-6,9-10,19-20H,3-4,7-8H2,1-2H3/t15-/m1/s1. The molecule has 1 atom stereocenters. The molecule has 4 radical (unpaired) electrons. The van der Waals surface area contributed by atoms with Gasteiger partial charge in [0.25, 0.3) is 0 Å². The van der Waals surface area contributed by atoms with Crippen LogP contribution in [0.2, 0.25) is 0 Å². The van der Waals surface area contributed by atoms with Gasteiger partial charge in [0, 0.05) is 22.6 Å². The average Bonchev–Trinajstić information content (AvgIpc) is 3.05. The minimum atomic E-state index is -0.881. The van der Waals surface area contributed by atoms with Crippen LogP contribution in [0.15, 0.2) is 24.4 Å². The number of hydrogen-bond acceptors (Lipinski definition) is 1. The summed E-state index contributed by atoms with van der Waals surface area (Å²) in [5, 5.41) is 3.75. The van der Waals surface area contributed by atoms with Crippen LogP contribution in [-0.4, -0.2) is 32.8 Å². The summed E-state index contributed by atoms with van der Waals surface area (Å²) >= 11 is 0. The molecule has 100 valence electrons. The summed E-state index contributed by atoms with van der Waals surface area (Å²) in [5.74, 6) is 0. The van der Waals surface area contributed by atoms with Crippen molar-refractivity contribution in [1.82, 2.24) is 10.3 Å². The van der Waals surface area contributed by atoms with Gasteiger partial charge in [-0.15, -0.1) is 0 Å². The van der Waals surface area contributed by atoms with Gasteiger partial charge in [0.1, 0.15) is 0 Å². The normalized spacial score (nSPS) is 23.5. The van der Waals surface area contributed by atoms with E-state index in [2.05, 4.69) is 42.3 Å². The third kappa shape index (κ3) is 1.93. The van der Waals surface area contributed by atoms with Crippen LogP contribution in [0, 0.1) is 0 Å². The fourth-order valence-corrected chi connectivity index (χ4v) is 3.27. The molecule has 1 aromatic heterocycles. The number of nitrogens with one attached hydrogen (secondary N) is 2. The molecule has 0 bridgehead atoms. The van der Waals surface area contributed by atoms with E-state index in [1.54, 1.807) is 0 Å². The monoisotopic (exact) mass is 262 g/mol. The van der Waals surface area contributed by atoms with Crippen LogP contribution < -0.4 is 5.32 Å². The third-order valence-corrected chi connectivity index (χ3v) is 4.88. The smallest absolute Gasteiger partial charge is 0.0708 e. The number of aryl methyl sites for hydroxylation is 1. The highest BCUT2D eigenvalue weighted by molar-refractivity contribution is 6.42. The zero-order valence-corrected chi connectivity index (χ0v) is 12.3. The van der Waals surface area contributed by atoms with Crippen molar-refractivity contribution in [2.24, 2.45) is 0 Å². The van der Waals surface area contributed by atoms with E-state index in [4.69, 9.17) is 15.7 Å². The number of fused-ring (bicyclic) bond motifs is 1. The van der Waals surface area contributed by atoms with Crippen LogP contribution in [0.3, 0.4) is 0 Å². The maximum absolute atomic E-state index is 6.57. The second-order valence-electron chi connectivity index (χ2n) is 6.17. The lowest BCUT2D eigenvalue weighted by Gasteiger charge is -2.43. The van der Waals surface area contributed by atoms with Gasteiger partial charge in [-0.3, -0.25) is 0 Å². The maximum atomic E-state index is 6.57. The Bertz CT molecular complexity index is 624. The number of aromatic amines is 1. The van der Waals surface area contributed by atoms with Gasteiger partial charge < -0.3 is 10.3 Å². The van der Waals surface area contributed by atoms with Crippen molar-refractivity contribution < 1.29 is 0 Å². The summed E-state index contributed by atoms with van der Waals surface area (Å²) in [6, 6.07) is 6.46. The van der Waals surface area contributed by atoms with Crippen molar-refractivity contribution in [3.05, 3.63) is 35.5 Å². The second-order valence-corrected chi connectivity index (χ2v) is 6.17. The Morgan fingerprint density at radius 2 is 2.15 bits per heavy atom. The Labute approximate surface area is 123 Å². The Hall–Kier alpha value is -1.15. The number of H-pyrrole nitrogens is 1. The lowest BCUT2D eigenvalue weighted by Crippen LogP contribution is -2.56. The van der Waals surface area contributed by atoms with Gasteiger partial charge >= 0.3 is 0 Å². The predicted octanol–water partition coefficient (Wildman–Crippen LogP) is 2.36. The molecule has 1 fully saturated rings. The minimum Gasteiger partial charge on any atom is -0.361 e. The molecule has 2 nitrogen and oxygen atoms in total. The van der Waals surface area contributed by atoms with E-state index in [0.29, 0.717) is 0 Å². The summed E-state index contributed by atoms with van der Waals surface area (Å²) in [7, 11) is 13.1. The Kier molecular flexibility index (Phi) is 3.24. The molecular formula is C16H20B2N2. The maximum Gasteiger partial charge on any atom is 0.0708 e. The molecular weight excluding hydrogens is 242 g/mol. The quantitative estimate of drug-likeness (QED) is 0.816. The van der Waals surface area contributed by atoms with Gasteiger partial charge in [-0.25, -0.2) is 0 Å². The van der Waals surface area contributed by atoms with Gasteiger partial charge in [-0.2, -0.15) is 0 Å². The van der Waals surface area contributed by atoms with Crippen molar-refractivity contribution in [2.45, 2.75) is 43.9 Å². The lowest BCUT2D eigenvalue weighted by molar-refractivity contribution is 0.369. The lowest BCUT2D eigenvalue weighted by atomic mass is 9.42. The molecule has 1 aliphatic rings. The largest absolute Gasteiger partial charge is 0.361 e. The van der Waals surface area contributed by atoms with E-state index in [0.717, 1.165) is 42.3 Å². The molecule has 3 rings (SSSR count). The molecule has 2 aromatic rings. The van der Waals surface area contributed by atoms with E-state index in [9.17, 15) is 0 Å². The van der Waals surface area contributed by atoms with Gasteiger partial charge in [0.15, 0.2) is 0 Å². The molecule has 0 amide bonds. The predicted molar refractivity (Wildman–Crippen MR) is 86.5 cm³/mol. The first kappa shape index (κ1) is 13.8. The zero-order valence-electron chi connectivity index (χ0n) is 12.3. The van der Waals surface area contributed by atoms with Crippen molar-refractivity contribution in [2.75, 3.05) is 6.54 Å². The van der Waals surface area contributed by atoms with Crippen LogP contribution in [0.1, 0.15) is 37.8 Å². The molecule has 1 saturated heterocycles. The SMILES string of the molecule is [B]C([B])(c1c[nH]c2ccc(CC)cc12)[C@@]1(C)CCCN1. The first-order valence-electron chi connectivity index (χ1n) is 7.41. The summed E-state index contributed by atoms with van der Waals surface area (Å²) in [5.41, 5.74) is 3.14. The summed E-state index contributed by atoms with van der Waals surface area (Å²) in [6.07, 6.45) is 5.10. The highest BCUT2D eigenvalue weighted by Crippen LogP contribution is 2.39. The average molecular weight is 262 g/mol. The van der Waals surface area contributed by atoms with Crippen LogP contribution in [0.25, 0.3) is 10.9 Å². The van der Waals surface area contributed by atoms with Crippen molar-refractivity contribution in [3.63, 3.8) is 0 Å². The molecule has 20 heavy (non-hydrogen) atoms. The van der Waals surface area contributed by atoms with Gasteiger partial charge in [-0.1, -0.05) is 18.2 Å². The van der Waals surface area contributed by atoms with E-state index in [1.165, 1.54) is 5.56 Å². The third-order valence-electron chi connectivity index (χ3n) is 4.88. The van der Waals surface area contributed by atoms with E-state index < -0.39 is 5.21 Å². The van der Waals surface area contributed by atoms with E-state index in [-0.39, 0.29) is 5.54 Å². The van der Waals surface area contributed by atoms with Crippen LogP contribution in [0.4, 0.5) is 0 Å². The second kappa shape index (κ2) is 4.70. The highest BCUT2D eigenvalue weighted by atomic mass is 15.0. The first-order chi connectivity index (χ1) is 9.48. The van der Waals surface area contributed by atoms with Gasteiger partial charge in [0.05, 0.1) is 15.7 Å². The molecule has 1 aliphatic heterocycles. The van der Waals surface area contributed by atoms with Gasteiger partial charge in [-0.05, 0) is 56.0 Å². The summed E-state index contributed by atoms with van der Waals surface area (Å²) in [4.78, 5) is 3.30. The molecule has 2 heterocycles. The Morgan fingerprint density at radius 1 is 1.35 bits per heavy atom. The molecule has 0 saturated carbocycles. The topological polar surface area (TPSA) is 27.8 Å². The van der Waals surface area contributed by atoms with Crippen LogP contribution >= 0.6 is 0 Å². The van der Waals surface area contributed by atoms with Crippen molar-refractivity contribution in [3.8, 4) is 0 Å². The summed E-state index contributed by atoms with van der Waals surface area (Å²) < 4.78 is 0. The molecule has 1 aromatic carbocycles. The van der Waals surface area contributed by atoms with E-state index in [1.807, 2.05) is 6.20 Å². The number of aromatic nitrogens is 1. The molecule has 4 heteroatoms. The summed E-state index contributed by atoms with van der Waals surface area (Å²) in [6.45, 7) is 5.27. The van der Waals surface area contributed by atoms with Crippen LogP contribution in [0.5, 0.6) is 0 Å². The number of rotatable bonds is 3. The Balaban J connectivity index is 2.13. The van der Waals surface area contributed by atoms with E-state index >= 15 is 0 Å². The van der Waals surface area contributed by atoms with Crippen molar-refractivity contribution in [1.29, 1.82) is 0 Å². The fraction of sp³-hybridized carbons (Fsp3) is 0.500. The molecule has 0 spiro atoms. The highest BCUT2D eigenvalue weighted by Gasteiger charge is 2.43. The first-order valence-corrected chi connectivity index (χ1v) is 7.41. The number of hydrogen-bond donors (Lipinski definition) is 2. The molecule has 0 unspecified atom stereocenters. The number of benzene rings is 1. The van der Waals surface area contributed by atoms with Gasteiger partial charge in [0.2, 0.25) is 0 Å². The minimum absolute atomic E-state index is 0.260.